The minimum Gasteiger partial charge on any atom is -0.507 e. The highest BCUT2D eigenvalue weighted by Gasteiger charge is 2.15. The average molecular weight is 447 g/mol. The molecule has 3 rings (SSSR count). The Morgan fingerprint density at radius 3 is 2.39 bits per heavy atom. The zero-order valence-corrected chi connectivity index (χ0v) is 19.1. The van der Waals surface area contributed by atoms with Crippen LogP contribution in [-0.2, 0) is 13.0 Å². The first-order valence-electron chi connectivity index (χ1n) is 11.0. The van der Waals surface area contributed by atoms with Crippen molar-refractivity contribution in [2.45, 2.75) is 32.3 Å². The fourth-order valence-corrected chi connectivity index (χ4v) is 3.52. The molecule has 0 radical (unpaired) electrons. The van der Waals surface area contributed by atoms with Gasteiger partial charge in [0.2, 0.25) is 0 Å². The van der Waals surface area contributed by atoms with Crippen LogP contribution in [0.15, 0.2) is 78.9 Å². The van der Waals surface area contributed by atoms with Gasteiger partial charge in [-0.2, -0.15) is 0 Å². The second-order valence-corrected chi connectivity index (χ2v) is 7.63. The first-order chi connectivity index (χ1) is 16.1. The highest BCUT2D eigenvalue weighted by Crippen LogP contribution is 2.30. The number of benzene rings is 3. The van der Waals surface area contributed by atoms with Gasteiger partial charge in [-0.25, -0.2) is 0 Å². The molecule has 0 unspecified atom stereocenters. The van der Waals surface area contributed by atoms with Gasteiger partial charge in [-0.05, 0) is 67.2 Å². The number of aromatic hydroxyl groups is 1. The third-order valence-electron chi connectivity index (χ3n) is 5.29. The predicted octanol–water partition coefficient (Wildman–Crippen LogP) is 6.14. The number of unbranched alkanes of at least 4 members (excludes halogenated alkanes) is 2. The SMILES string of the molecule is COc1ccc(CCCCC=CC(=O)c2c(O)cccc2OCc2ccccc2)cc1OC. The number of carbonyl (C=O) groups excluding carboxylic acids is 1. The van der Waals surface area contributed by atoms with E-state index < -0.39 is 0 Å². The molecule has 0 bridgehead atoms. The lowest BCUT2D eigenvalue weighted by Crippen LogP contribution is -2.03. The standard InChI is InChI=1S/C28H30O5/c1-31-25-18-17-21(19-27(25)32-2)11-6-3-4-9-14-23(29)28-24(30)15-10-16-26(28)33-20-22-12-7-5-8-13-22/h5,7-10,12-19,30H,3-4,6,11,20H2,1-2H3. The van der Waals surface area contributed by atoms with Crippen LogP contribution >= 0.6 is 0 Å². The predicted molar refractivity (Wildman–Crippen MR) is 129 cm³/mol. The summed E-state index contributed by atoms with van der Waals surface area (Å²) in [5.41, 5.74) is 2.36. The van der Waals surface area contributed by atoms with E-state index in [0.717, 1.165) is 42.7 Å². The van der Waals surface area contributed by atoms with Crippen molar-refractivity contribution in [2.75, 3.05) is 14.2 Å². The third kappa shape index (κ3) is 6.88. The lowest BCUT2D eigenvalue weighted by atomic mass is 10.0. The summed E-state index contributed by atoms with van der Waals surface area (Å²) in [6.45, 7) is 0.324. The smallest absolute Gasteiger partial charge is 0.192 e. The Bertz CT molecular complexity index is 1070. The van der Waals surface area contributed by atoms with E-state index >= 15 is 0 Å². The van der Waals surface area contributed by atoms with E-state index in [1.807, 2.05) is 54.6 Å². The van der Waals surface area contributed by atoms with Crippen molar-refractivity contribution >= 4 is 5.78 Å². The van der Waals surface area contributed by atoms with Crippen molar-refractivity contribution in [3.8, 4) is 23.0 Å². The number of rotatable bonds is 12. The highest BCUT2D eigenvalue weighted by molar-refractivity contribution is 6.08. The van der Waals surface area contributed by atoms with Gasteiger partial charge in [0, 0.05) is 0 Å². The van der Waals surface area contributed by atoms with E-state index in [1.54, 1.807) is 26.4 Å². The number of methoxy groups -OCH3 is 2. The normalized spacial score (nSPS) is 10.8. The number of phenols is 1. The molecule has 3 aromatic carbocycles. The van der Waals surface area contributed by atoms with E-state index in [4.69, 9.17) is 14.2 Å². The van der Waals surface area contributed by atoms with Gasteiger partial charge < -0.3 is 19.3 Å². The summed E-state index contributed by atoms with van der Waals surface area (Å²) in [5, 5.41) is 10.3. The maximum absolute atomic E-state index is 12.7. The summed E-state index contributed by atoms with van der Waals surface area (Å²) in [4.78, 5) is 12.7. The molecule has 0 amide bonds. The van der Waals surface area contributed by atoms with Crippen molar-refractivity contribution < 1.29 is 24.1 Å². The molecule has 0 aliphatic carbocycles. The monoisotopic (exact) mass is 446 g/mol. The maximum Gasteiger partial charge on any atom is 0.192 e. The van der Waals surface area contributed by atoms with Crippen LogP contribution in [0.25, 0.3) is 0 Å². The number of ether oxygens (including phenoxy) is 3. The topological polar surface area (TPSA) is 65.0 Å². The first kappa shape index (κ1) is 23.9. The largest absolute Gasteiger partial charge is 0.507 e. The van der Waals surface area contributed by atoms with Crippen LogP contribution in [0, 0.1) is 0 Å². The molecule has 0 spiro atoms. The quantitative estimate of drug-likeness (QED) is 0.206. The first-order valence-corrected chi connectivity index (χ1v) is 11.0. The van der Waals surface area contributed by atoms with Crippen LogP contribution < -0.4 is 14.2 Å². The van der Waals surface area contributed by atoms with Crippen molar-refractivity contribution in [3.63, 3.8) is 0 Å². The van der Waals surface area contributed by atoms with E-state index in [2.05, 4.69) is 0 Å². The Morgan fingerprint density at radius 1 is 0.848 bits per heavy atom. The van der Waals surface area contributed by atoms with Crippen molar-refractivity contribution in [2.24, 2.45) is 0 Å². The molecule has 0 fully saturated rings. The van der Waals surface area contributed by atoms with Crippen LogP contribution in [0.4, 0.5) is 0 Å². The second kappa shape index (κ2) is 12.3. The maximum atomic E-state index is 12.7. The van der Waals surface area contributed by atoms with Crippen molar-refractivity contribution in [1.29, 1.82) is 0 Å². The van der Waals surface area contributed by atoms with E-state index in [-0.39, 0.29) is 17.1 Å². The molecule has 5 heteroatoms. The lowest BCUT2D eigenvalue weighted by molar-refractivity contribution is 0.103. The molecule has 0 heterocycles. The van der Waals surface area contributed by atoms with Gasteiger partial charge in [-0.15, -0.1) is 0 Å². The number of hydrogen-bond acceptors (Lipinski definition) is 5. The molecular weight excluding hydrogens is 416 g/mol. The number of phenolic OH excluding ortho intramolecular Hbond substituents is 1. The van der Waals surface area contributed by atoms with Gasteiger partial charge in [0.25, 0.3) is 0 Å². The highest BCUT2D eigenvalue weighted by atomic mass is 16.5. The van der Waals surface area contributed by atoms with Crippen molar-refractivity contribution in [1.82, 2.24) is 0 Å². The van der Waals surface area contributed by atoms with Gasteiger partial charge in [-0.3, -0.25) is 4.79 Å². The Balaban J connectivity index is 1.51. The summed E-state index contributed by atoms with van der Waals surface area (Å²) in [6, 6.07) is 20.5. The molecule has 0 aromatic heterocycles. The Hall–Kier alpha value is -3.73. The lowest BCUT2D eigenvalue weighted by Gasteiger charge is -2.11. The van der Waals surface area contributed by atoms with Crippen LogP contribution in [-0.4, -0.2) is 25.1 Å². The Kier molecular flexibility index (Phi) is 8.95. The fourth-order valence-electron chi connectivity index (χ4n) is 3.52. The van der Waals surface area contributed by atoms with Gasteiger partial charge in [-0.1, -0.05) is 48.5 Å². The summed E-state index contributed by atoms with van der Waals surface area (Å²) in [6.07, 6.45) is 6.98. The molecular formula is C28H30O5. The molecule has 0 aliphatic rings. The zero-order valence-electron chi connectivity index (χ0n) is 19.1. The molecule has 172 valence electrons. The summed E-state index contributed by atoms with van der Waals surface area (Å²) in [7, 11) is 3.25. The Labute approximate surface area is 195 Å². The number of allylic oxidation sites excluding steroid dienone is 2. The molecule has 0 atom stereocenters. The van der Waals surface area contributed by atoms with Crippen LogP contribution in [0.1, 0.15) is 40.7 Å². The third-order valence-corrected chi connectivity index (χ3v) is 5.29. The molecule has 0 aliphatic heterocycles. The molecule has 33 heavy (non-hydrogen) atoms. The summed E-state index contributed by atoms with van der Waals surface area (Å²) in [5.74, 6) is 1.48. The van der Waals surface area contributed by atoms with Gasteiger partial charge in [0.1, 0.15) is 23.7 Å². The minimum absolute atomic E-state index is 0.0799. The van der Waals surface area contributed by atoms with Crippen LogP contribution in [0.3, 0.4) is 0 Å². The van der Waals surface area contributed by atoms with E-state index in [1.165, 1.54) is 17.7 Å². The number of ketones is 1. The number of aryl methyl sites for hydroxylation is 1. The van der Waals surface area contributed by atoms with E-state index in [9.17, 15) is 9.90 Å². The fraction of sp³-hybridized carbons (Fsp3) is 0.250. The van der Waals surface area contributed by atoms with Gasteiger partial charge in [0.05, 0.1) is 14.2 Å². The summed E-state index contributed by atoms with van der Waals surface area (Å²) >= 11 is 0. The molecule has 3 aromatic rings. The number of hydrogen-bond donors (Lipinski definition) is 1. The van der Waals surface area contributed by atoms with Gasteiger partial charge in [0.15, 0.2) is 17.3 Å². The van der Waals surface area contributed by atoms with Gasteiger partial charge >= 0.3 is 0 Å². The zero-order chi connectivity index (χ0) is 23.5. The molecule has 0 saturated heterocycles. The summed E-state index contributed by atoms with van der Waals surface area (Å²) < 4.78 is 16.4. The van der Waals surface area contributed by atoms with E-state index in [0.29, 0.717) is 12.4 Å². The van der Waals surface area contributed by atoms with Crippen LogP contribution in [0.2, 0.25) is 0 Å². The molecule has 1 N–H and O–H groups in total. The average Bonchev–Trinajstić information content (AvgIpc) is 2.85. The Morgan fingerprint density at radius 2 is 1.64 bits per heavy atom. The second-order valence-electron chi connectivity index (χ2n) is 7.63. The van der Waals surface area contributed by atoms with Crippen molar-refractivity contribution in [3.05, 3.63) is 95.6 Å². The molecule has 0 saturated carbocycles. The van der Waals surface area contributed by atoms with Crippen LogP contribution in [0.5, 0.6) is 23.0 Å². The minimum atomic E-state index is -0.268. The molecule has 5 nitrogen and oxygen atoms in total. The number of carbonyl (C=O) groups is 1.